The van der Waals surface area contributed by atoms with Crippen LogP contribution in [0.15, 0.2) is 22.7 Å². The number of carbonyl (C=O) groups excluding carboxylic acids is 1. The topological polar surface area (TPSA) is 41.1 Å². The lowest BCUT2D eigenvalue weighted by molar-refractivity contribution is -0.118. The van der Waals surface area contributed by atoms with E-state index in [2.05, 4.69) is 26.6 Å². The molecule has 0 radical (unpaired) electrons. The first-order chi connectivity index (χ1) is 7.09. The Labute approximate surface area is 102 Å². The van der Waals surface area contributed by atoms with E-state index in [1.807, 2.05) is 18.2 Å². The average molecular weight is 292 g/mol. The number of nitrogens with one attached hydrogen (secondary N) is 2. The highest BCUT2D eigenvalue weighted by atomic mass is 79.9. The van der Waals surface area contributed by atoms with Crippen molar-refractivity contribution in [1.29, 1.82) is 0 Å². The van der Waals surface area contributed by atoms with Crippen LogP contribution < -0.4 is 10.6 Å². The maximum atomic E-state index is 10.6. The van der Waals surface area contributed by atoms with Gasteiger partial charge in [0.15, 0.2) is 0 Å². The minimum absolute atomic E-state index is 0.0304. The van der Waals surface area contributed by atoms with E-state index < -0.39 is 0 Å². The first-order valence-corrected chi connectivity index (χ1v) is 5.70. The molecule has 0 aliphatic carbocycles. The van der Waals surface area contributed by atoms with Gasteiger partial charge in [0, 0.05) is 24.5 Å². The van der Waals surface area contributed by atoms with Crippen molar-refractivity contribution in [2.24, 2.45) is 0 Å². The number of anilines is 1. The number of halogens is 2. The van der Waals surface area contributed by atoms with Gasteiger partial charge in [-0.1, -0.05) is 27.5 Å². The molecule has 0 bridgehead atoms. The van der Waals surface area contributed by atoms with Gasteiger partial charge in [-0.25, -0.2) is 0 Å². The molecule has 1 aromatic carbocycles. The zero-order valence-corrected chi connectivity index (χ0v) is 10.7. The molecule has 0 aromatic heterocycles. The SMILES string of the molecule is CC(=O)NCCNc1cc(Br)ccc1Cl. The third kappa shape index (κ3) is 4.53. The number of carbonyl (C=O) groups is 1. The Kier molecular flexibility index (Phi) is 4.91. The third-order valence-electron chi connectivity index (χ3n) is 1.74. The number of hydrogen-bond donors (Lipinski definition) is 2. The van der Waals surface area contributed by atoms with Crippen molar-refractivity contribution in [3.63, 3.8) is 0 Å². The molecular weight excluding hydrogens is 279 g/mol. The summed E-state index contributed by atoms with van der Waals surface area (Å²) in [6, 6.07) is 5.59. The molecule has 15 heavy (non-hydrogen) atoms. The molecule has 0 atom stereocenters. The van der Waals surface area contributed by atoms with Gasteiger partial charge >= 0.3 is 0 Å². The molecular formula is C10H12BrClN2O. The van der Waals surface area contributed by atoms with Crippen molar-refractivity contribution in [3.8, 4) is 0 Å². The molecule has 0 aliphatic rings. The molecule has 5 heteroatoms. The minimum Gasteiger partial charge on any atom is -0.382 e. The van der Waals surface area contributed by atoms with E-state index >= 15 is 0 Å². The molecule has 0 unspecified atom stereocenters. The van der Waals surface area contributed by atoms with Crippen LogP contribution in [-0.2, 0) is 4.79 Å². The van der Waals surface area contributed by atoms with Gasteiger partial charge < -0.3 is 10.6 Å². The maximum Gasteiger partial charge on any atom is 0.216 e. The van der Waals surface area contributed by atoms with E-state index in [0.717, 1.165) is 10.2 Å². The number of amides is 1. The van der Waals surface area contributed by atoms with Gasteiger partial charge in [0.25, 0.3) is 0 Å². The molecule has 0 heterocycles. The van der Waals surface area contributed by atoms with E-state index in [1.54, 1.807) is 0 Å². The molecule has 82 valence electrons. The summed E-state index contributed by atoms with van der Waals surface area (Å²) < 4.78 is 0.967. The Hall–Kier alpha value is -0.740. The van der Waals surface area contributed by atoms with Crippen molar-refractivity contribution in [2.75, 3.05) is 18.4 Å². The van der Waals surface area contributed by atoms with Crippen LogP contribution in [0.4, 0.5) is 5.69 Å². The Bertz CT molecular complexity index is 357. The summed E-state index contributed by atoms with van der Waals surface area (Å²) in [5.41, 5.74) is 0.858. The van der Waals surface area contributed by atoms with E-state index in [-0.39, 0.29) is 5.91 Å². The summed E-state index contributed by atoms with van der Waals surface area (Å²) in [4.78, 5) is 10.6. The van der Waals surface area contributed by atoms with Crippen LogP contribution in [0.3, 0.4) is 0 Å². The third-order valence-corrected chi connectivity index (χ3v) is 2.57. The zero-order chi connectivity index (χ0) is 11.3. The molecule has 1 amide bonds. The Morgan fingerprint density at radius 2 is 2.20 bits per heavy atom. The maximum absolute atomic E-state index is 10.6. The highest BCUT2D eigenvalue weighted by Crippen LogP contribution is 2.25. The van der Waals surface area contributed by atoms with Crippen LogP contribution in [-0.4, -0.2) is 19.0 Å². The molecule has 0 spiro atoms. The largest absolute Gasteiger partial charge is 0.382 e. The van der Waals surface area contributed by atoms with Gasteiger partial charge in [-0.05, 0) is 18.2 Å². The fourth-order valence-corrected chi connectivity index (χ4v) is 1.61. The summed E-state index contributed by atoms with van der Waals surface area (Å²) in [7, 11) is 0. The van der Waals surface area contributed by atoms with Gasteiger partial charge in [-0.3, -0.25) is 4.79 Å². The smallest absolute Gasteiger partial charge is 0.216 e. The normalized spacial score (nSPS) is 9.80. The molecule has 0 saturated carbocycles. The van der Waals surface area contributed by atoms with Crippen LogP contribution in [0.1, 0.15) is 6.92 Å². The van der Waals surface area contributed by atoms with Crippen LogP contribution in [0.25, 0.3) is 0 Å². The van der Waals surface area contributed by atoms with Crippen LogP contribution >= 0.6 is 27.5 Å². The molecule has 1 rings (SSSR count). The Morgan fingerprint density at radius 1 is 1.47 bits per heavy atom. The van der Waals surface area contributed by atoms with E-state index in [9.17, 15) is 4.79 Å². The highest BCUT2D eigenvalue weighted by Gasteiger charge is 1.99. The van der Waals surface area contributed by atoms with Crippen molar-refractivity contribution in [3.05, 3.63) is 27.7 Å². The van der Waals surface area contributed by atoms with Gasteiger partial charge in [0.1, 0.15) is 0 Å². The second-order valence-corrected chi connectivity index (χ2v) is 4.36. The van der Waals surface area contributed by atoms with Crippen LogP contribution in [0.2, 0.25) is 5.02 Å². The fourth-order valence-electron chi connectivity index (χ4n) is 1.07. The zero-order valence-electron chi connectivity index (χ0n) is 8.31. The molecule has 2 N–H and O–H groups in total. The molecule has 0 aliphatic heterocycles. The van der Waals surface area contributed by atoms with Crippen molar-refractivity contribution >= 4 is 39.1 Å². The number of rotatable bonds is 4. The first-order valence-electron chi connectivity index (χ1n) is 4.53. The lowest BCUT2D eigenvalue weighted by Gasteiger charge is -2.08. The van der Waals surface area contributed by atoms with Gasteiger partial charge in [0.2, 0.25) is 5.91 Å². The summed E-state index contributed by atoms with van der Waals surface area (Å²) in [6.45, 7) is 2.72. The molecule has 0 saturated heterocycles. The lowest BCUT2D eigenvalue weighted by atomic mass is 10.3. The second kappa shape index (κ2) is 5.98. The quantitative estimate of drug-likeness (QED) is 0.837. The predicted molar refractivity (Wildman–Crippen MR) is 66.3 cm³/mol. The molecule has 3 nitrogen and oxygen atoms in total. The lowest BCUT2D eigenvalue weighted by Crippen LogP contribution is -2.26. The van der Waals surface area contributed by atoms with Crippen molar-refractivity contribution < 1.29 is 4.79 Å². The van der Waals surface area contributed by atoms with Crippen LogP contribution in [0, 0.1) is 0 Å². The molecule has 0 fully saturated rings. The monoisotopic (exact) mass is 290 g/mol. The summed E-state index contributed by atoms with van der Waals surface area (Å²) in [5, 5.41) is 6.49. The van der Waals surface area contributed by atoms with E-state index in [0.29, 0.717) is 18.1 Å². The number of benzene rings is 1. The standard InChI is InChI=1S/C10H12BrClN2O/c1-7(15)13-4-5-14-10-6-8(11)2-3-9(10)12/h2-3,6,14H,4-5H2,1H3,(H,13,15). The Balaban J connectivity index is 2.43. The average Bonchev–Trinajstić information content (AvgIpc) is 2.17. The van der Waals surface area contributed by atoms with Gasteiger partial charge in [-0.15, -0.1) is 0 Å². The van der Waals surface area contributed by atoms with Gasteiger partial charge in [-0.2, -0.15) is 0 Å². The Morgan fingerprint density at radius 3 is 2.87 bits per heavy atom. The first kappa shape index (κ1) is 12.3. The van der Waals surface area contributed by atoms with E-state index in [4.69, 9.17) is 11.6 Å². The fraction of sp³-hybridized carbons (Fsp3) is 0.300. The molecule has 1 aromatic rings. The van der Waals surface area contributed by atoms with Crippen molar-refractivity contribution in [1.82, 2.24) is 5.32 Å². The number of hydrogen-bond acceptors (Lipinski definition) is 2. The second-order valence-electron chi connectivity index (χ2n) is 3.03. The predicted octanol–water partition coefficient (Wildman–Crippen LogP) is 2.65. The minimum atomic E-state index is -0.0304. The van der Waals surface area contributed by atoms with Gasteiger partial charge in [0.05, 0.1) is 10.7 Å². The summed E-state index contributed by atoms with van der Waals surface area (Å²) in [6.07, 6.45) is 0. The summed E-state index contributed by atoms with van der Waals surface area (Å²) in [5.74, 6) is -0.0304. The van der Waals surface area contributed by atoms with E-state index in [1.165, 1.54) is 6.92 Å². The highest BCUT2D eigenvalue weighted by molar-refractivity contribution is 9.10. The van der Waals surface area contributed by atoms with Crippen molar-refractivity contribution in [2.45, 2.75) is 6.92 Å². The van der Waals surface area contributed by atoms with Crippen LogP contribution in [0.5, 0.6) is 0 Å². The summed E-state index contributed by atoms with van der Waals surface area (Å²) >= 11 is 9.33.